The average molecular weight is 297 g/mol. The molecule has 1 radical (unpaired) electrons. The fourth-order valence-electron chi connectivity index (χ4n) is 2.22. The molecule has 3 heterocycles. The minimum atomic E-state index is 0.0774. The van der Waals surface area contributed by atoms with Crippen LogP contribution in [0.5, 0.6) is 5.88 Å². The summed E-state index contributed by atoms with van der Waals surface area (Å²) in [5, 5.41) is 5.23. The van der Waals surface area contributed by atoms with Gasteiger partial charge in [-0.2, -0.15) is 5.10 Å². The highest BCUT2D eigenvalue weighted by atomic mass is 16.5. The van der Waals surface area contributed by atoms with Crippen molar-refractivity contribution in [1.82, 2.24) is 24.7 Å². The Kier molecular flexibility index (Phi) is 3.62. The van der Waals surface area contributed by atoms with E-state index >= 15 is 0 Å². The largest absolute Gasteiger partial charge is 0.475 e. The molecule has 0 aromatic carbocycles. The molecule has 2 N–H and O–H groups in total. The van der Waals surface area contributed by atoms with E-state index in [2.05, 4.69) is 27.0 Å². The Morgan fingerprint density at radius 2 is 2.09 bits per heavy atom. The molecule has 113 valence electrons. The van der Waals surface area contributed by atoms with Crippen LogP contribution in [0, 0.1) is 6.92 Å². The van der Waals surface area contributed by atoms with E-state index in [4.69, 9.17) is 10.5 Å². The number of nitrogen functional groups attached to an aromatic ring is 1. The number of nitrogens with zero attached hydrogens (tertiary/aromatic N) is 5. The average Bonchev–Trinajstić information content (AvgIpc) is 2.88. The SMILES string of the molecule is [CH2]Cn1nc(-c2ccc(OC(C)C)nc2)c2c(N)ncnc21. The van der Waals surface area contributed by atoms with E-state index < -0.39 is 0 Å². The van der Waals surface area contributed by atoms with Crippen molar-refractivity contribution in [3.63, 3.8) is 0 Å². The molecular weight excluding hydrogens is 280 g/mol. The lowest BCUT2D eigenvalue weighted by molar-refractivity contribution is 0.232. The molecule has 0 bridgehead atoms. The molecule has 0 spiro atoms. The molecule has 0 fully saturated rings. The van der Waals surface area contributed by atoms with E-state index in [1.54, 1.807) is 10.9 Å². The van der Waals surface area contributed by atoms with Gasteiger partial charge in [-0.05, 0) is 26.8 Å². The zero-order chi connectivity index (χ0) is 15.7. The van der Waals surface area contributed by atoms with Gasteiger partial charge in [-0.3, -0.25) is 0 Å². The van der Waals surface area contributed by atoms with E-state index in [0.717, 1.165) is 5.56 Å². The number of rotatable bonds is 4. The maximum atomic E-state index is 5.99. The van der Waals surface area contributed by atoms with Gasteiger partial charge in [0.2, 0.25) is 5.88 Å². The highest BCUT2D eigenvalue weighted by Crippen LogP contribution is 2.30. The molecule has 0 saturated carbocycles. The fourth-order valence-corrected chi connectivity index (χ4v) is 2.22. The number of fused-ring (bicyclic) bond motifs is 1. The highest BCUT2D eigenvalue weighted by Gasteiger charge is 2.16. The summed E-state index contributed by atoms with van der Waals surface area (Å²) in [5.41, 5.74) is 8.18. The molecule has 22 heavy (non-hydrogen) atoms. The van der Waals surface area contributed by atoms with E-state index in [1.165, 1.54) is 6.33 Å². The van der Waals surface area contributed by atoms with Crippen molar-refractivity contribution in [1.29, 1.82) is 0 Å². The first-order chi connectivity index (χ1) is 10.6. The Morgan fingerprint density at radius 3 is 2.73 bits per heavy atom. The van der Waals surface area contributed by atoms with Crippen molar-refractivity contribution in [3.8, 4) is 17.1 Å². The number of anilines is 1. The van der Waals surface area contributed by atoms with Crippen LogP contribution >= 0.6 is 0 Å². The van der Waals surface area contributed by atoms with Gasteiger partial charge in [0, 0.05) is 24.4 Å². The Morgan fingerprint density at radius 1 is 1.27 bits per heavy atom. The summed E-state index contributed by atoms with van der Waals surface area (Å²) >= 11 is 0. The van der Waals surface area contributed by atoms with Crippen LogP contribution in [-0.4, -0.2) is 30.8 Å². The normalized spacial score (nSPS) is 11.3. The first-order valence-corrected chi connectivity index (χ1v) is 6.99. The minimum Gasteiger partial charge on any atom is -0.475 e. The number of hydrogen-bond donors (Lipinski definition) is 1. The van der Waals surface area contributed by atoms with E-state index in [-0.39, 0.29) is 6.10 Å². The molecule has 0 aliphatic carbocycles. The number of hydrogen-bond acceptors (Lipinski definition) is 6. The quantitative estimate of drug-likeness (QED) is 0.792. The Balaban J connectivity index is 2.10. The molecule has 0 atom stereocenters. The summed E-state index contributed by atoms with van der Waals surface area (Å²) in [6, 6.07) is 3.71. The van der Waals surface area contributed by atoms with Crippen LogP contribution in [0.4, 0.5) is 5.82 Å². The summed E-state index contributed by atoms with van der Waals surface area (Å²) in [6.07, 6.45) is 3.21. The van der Waals surface area contributed by atoms with E-state index in [1.807, 2.05) is 26.0 Å². The lowest BCUT2D eigenvalue weighted by Gasteiger charge is -2.08. The van der Waals surface area contributed by atoms with Gasteiger partial charge in [0.1, 0.15) is 17.8 Å². The highest BCUT2D eigenvalue weighted by molar-refractivity contribution is 5.98. The first-order valence-electron chi connectivity index (χ1n) is 6.99. The molecule has 7 nitrogen and oxygen atoms in total. The predicted molar refractivity (Wildman–Crippen MR) is 84.1 cm³/mol. The van der Waals surface area contributed by atoms with Crippen molar-refractivity contribution >= 4 is 16.9 Å². The monoisotopic (exact) mass is 297 g/mol. The maximum Gasteiger partial charge on any atom is 0.213 e. The van der Waals surface area contributed by atoms with Crippen LogP contribution < -0.4 is 10.5 Å². The second-order valence-electron chi connectivity index (χ2n) is 5.08. The molecule has 0 saturated heterocycles. The number of nitrogens with two attached hydrogens (primary N) is 1. The van der Waals surface area contributed by atoms with Crippen molar-refractivity contribution < 1.29 is 4.74 Å². The second kappa shape index (κ2) is 5.59. The Bertz CT molecular complexity index is 794. The van der Waals surface area contributed by atoms with Crippen LogP contribution in [0.15, 0.2) is 24.7 Å². The van der Waals surface area contributed by atoms with E-state index in [9.17, 15) is 0 Å². The zero-order valence-corrected chi connectivity index (χ0v) is 12.5. The molecule has 0 unspecified atom stereocenters. The molecular formula is C15H17N6O. The van der Waals surface area contributed by atoms with Crippen molar-refractivity contribution in [3.05, 3.63) is 31.6 Å². The lowest BCUT2D eigenvalue weighted by Crippen LogP contribution is -2.06. The third-order valence-electron chi connectivity index (χ3n) is 3.14. The smallest absolute Gasteiger partial charge is 0.213 e. The minimum absolute atomic E-state index is 0.0774. The Labute approximate surface area is 128 Å². The molecule has 7 heteroatoms. The predicted octanol–water partition coefficient (Wildman–Crippen LogP) is 2.09. The molecule has 3 aromatic rings. The number of aromatic nitrogens is 5. The molecule has 0 aliphatic heterocycles. The van der Waals surface area contributed by atoms with Crippen molar-refractivity contribution in [2.24, 2.45) is 0 Å². The summed E-state index contributed by atoms with van der Waals surface area (Å²) < 4.78 is 7.24. The summed E-state index contributed by atoms with van der Waals surface area (Å²) in [6.45, 7) is 8.22. The van der Waals surface area contributed by atoms with Crippen LogP contribution in [0.2, 0.25) is 0 Å². The van der Waals surface area contributed by atoms with Crippen LogP contribution in [0.3, 0.4) is 0 Å². The molecule has 0 amide bonds. The second-order valence-corrected chi connectivity index (χ2v) is 5.08. The number of pyridine rings is 1. The first kappa shape index (κ1) is 14.2. The van der Waals surface area contributed by atoms with Gasteiger partial charge in [-0.15, -0.1) is 0 Å². The van der Waals surface area contributed by atoms with Gasteiger partial charge >= 0.3 is 0 Å². The summed E-state index contributed by atoms with van der Waals surface area (Å²) in [4.78, 5) is 12.6. The van der Waals surface area contributed by atoms with Crippen LogP contribution in [-0.2, 0) is 6.54 Å². The zero-order valence-electron chi connectivity index (χ0n) is 12.5. The van der Waals surface area contributed by atoms with Crippen molar-refractivity contribution in [2.75, 3.05) is 5.73 Å². The third kappa shape index (κ3) is 2.45. The summed E-state index contributed by atoms with van der Waals surface area (Å²) in [5.74, 6) is 0.964. The summed E-state index contributed by atoms with van der Waals surface area (Å²) in [7, 11) is 0. The van der Waals surface area contributed by atoms with Gasteiger partial charge in [0.25, 0.3) is 0 Å². The van der Waals surface area contributed by atoms with Gasteiger partial charge in [0.15, 0.2) is 5.65 Å². The standard InChI is InChI=1S/C15H17N6O/c1-4-21-15-12(14(16)18-8-19-15)13(20-21)10-5-6-11(17-7-10)22-9(2)3/h5-9H,1,4H2,2-3H3,(H2,16,18,19). The Hall–Kier alpha value is -2.70. The lowest BCUT2D eigenvalue weighted by atomic mass is 10.1. The third-order valence-corrected chi connectivity index (χ3v) is 3.14. The molecule has 3 aromatic heterocycles. The van der Waals surface area contributed by atoms with E-state index in [0.29, 0.717) is 35.0 Å². The number of ether oxygens (including phenoxy) is 1. The van der Waals surface area contributed by atoms with Crippen molar-refractivity contribution in [2.45, 2.75) is 26.5 Å². The topological polar surface area (TPSA) is 91.7 Å². The van der Waals surface area contributed by atoms with Crippen LogP contribution in [0.1, 0.15) is 13.8 Å². The van der Waals surface area contributed by atoms with Gasteiger partial charge in [-0.1, -0.05) is 0 Å². The molecule has 0 aliphatic rings. The maximum absolute atomic E-state index is 5.99. The van der Waals surface area contributed by atoms with Gasteiger partial charge in [-0.25, -0.2) is 19.6 Å². The van der Waals surface area contributed by atoms with Gasteiger partial charge < -0.3 is 10.5 Å². The molecule has 3 rings (SSSR count). The van der Waals surface area contributed by atoms with Crippen LogP contribution in [0.25, 0.3) is 22.3 Å². The fraction of sp³-hybridized carbons (Fsp3) is 0.267. The van der Waals surface area contributed by atoms with Gasteiger partial charge in [0.05, 0.1) is 11.5 Å².